The molecule has 0 aliphatic rings. The van der Waals surface area contributed by atoms with Crippen LogP contribution in [0.3, 0.4) is 0 Å². The molecule has 0 aliphatic carbocycles. The van der Waals surface area contributed by atoms with Gasteiger partial charge in [0.15, 0.2) is 6.61 Å². The van der Waals surface area contributed by atoms with Crippen LogP contribution in [-0.4, -0.2) is 38.1 Å². The van der Waals surface area contributed by atoms with Gasteiger partial charge in [0.2, 0.25) is 0 Å². The molecule has 134 valence electrons. The van der Waals surface area contributed by atoms with E-state index in [0.29, 0.717) is 6.54 Å². The molecular formula is C21H28N2O2. The van der Waals surface area contributed by atoms with Gasteiger partial charge in [-0.2, -0.15) is 0 Å². The van der Waals surface area contributed by atoms with Crippen LogP contribution in [0.1, 0.15) is 28.3 Å². The summed E-state index contributed by atoms with van der Waals surface area (Å²) in [5.74, 6) is 0.682. The van der Waals surface area contributed by atoms with Gasteiger partial charge in [-0.3, -0.25) is 4.79 Å². The van der Waals surface area contributed by atoms with Crippen molar-refractivity contribution in [3.63, 3.8) is 0 Å². The summed E-state index contributed by atoms with van der Waals surface area (Å²) < 4.78 is 5.72. The fourth-order valence-electron chi connectivity index (χ4n) is 2.81. The molecule has 2 aromatic rings. The van der Waals surface area contributed by atoms with Gasteiger partial charge in [-0.1, -0.05) is 48.0 Å². The Balaban J connectivity index is 1.92. The number of rotatable bonds is 7. The Hall–Kier alpha value is -2.33. The number of carbonyl (C=O) groups excluding carboxylic acids is 1. The summed E-state index contributed by atoms with van der Waals surface area (Å²) in [5.41, 5.74) is 4.50. The number of nitrogens with one attached hydrogen (secondary N) is 1. The van der Waals surface area contributed by atoms with E-state index in [-0.39, 0.29) is 18.6 Å². The van der Waals surface area contributed by atoms with Crippen molar-refractivity contribution in [2.24, 2.45) is 0 Å². The second-order valence-corrected chi connectivity index (χ2v) is 6.70. The molecule has 0 saturated carbocycles. The first-order valence-electron chi connectivity index (χ1n) is 8.57. The highest BCUT2D eigenvalue weighted by molar-refractivity contribution is 5.77. The first-order chi connectivity index (χ1) is 11.9. The fourth-order valence-corrected chi connectivity index (χ4v) is 2.81. The molecule has 4 heteroatoms. The first kappa shape index (κ1) is 19.0. The average molecular weight is 340 g/mol. The molecule has 0 aliphatic heterocycles. The summed E-state index contributed by atoms with van der Waals surface area (Å²) in [7, 11) is 4.04. The Morgan fingerprint density at radius 3 is 2.20 bits per heavy atom. The van der Waals surface area contributed by atoms with Gasteiger partial charge < -0.3 is 15.0 Å². The molecule has 1 amide bonds. The van der Waals surface area contributed by atoms with Gasteiger partial charge in [0.25, 0.3) is 5.91 Å². The van der Waals surface area contributed by atoms with Gasteiger partial charge in [0, 0.05) is 6.54 Å². The largest absolute Gasteiger partial charge is 0.483 e. The topological polar surface area (TPSA) is 41.6 Å². The van der Waals surface area contributed by atoms with Crippen molar-refractivity contribution in [1.29, 1.82) is 0 Å². The van der Waals surface area contributed by atoms with E-state index in [1.54, 1.807) is 0 Å². The van der Waals surface area contributed by atoms with Crippen molar-refractivity contribution in [3.8, 4) is 5.75 Å². The molecule has 0 heterocycles. The van der Waals surface area contributed by atoms with E-state index >= 15 is 0 Å². The van der Waals surface area contributed by atoms with Gasteiger partial charge in [-0.15, -0.1) is 0 Å². The van der Waals surface area contributed by atoms with E-state index in [9.17, 15) is 4.79 Å². The number of aryl methyl sites for hydroxylation is 3. The Labute approximate surface area is 150 Å². The normalized spacial score (nSPS) is 12.1. The van der Waals surface area contributed by atoms with E-state index in [0.717, 1.165) is 16.9 Å². The minimum atomic E-state index is -0.110. The maximum absolute atomic E-state index is 12.2. The van der Waals surface area contributed by atoms with Crippen molar-refractivity contribution in [1.82, 2.24) is 10.2 Å². The highest BCUT2D eigenvalue weighted by Gasteiger charge is 2.15. The van der Waals surface area contributed by atoms with Crippen LogP contribution in [0.25, 0.3) is 0 Å². The van der Waals surface area contributed by atoms with Gasteiger partial charge in [0.1, 0.15) is 5.75 Å². The molecule has 0 radical (unpaired) electrons. The van der Waals surface area contributed by atoms with Crippen LogP contribution in [0.2, 0.25) is 0 Å². The molecule has 0 fully saturated rings. The lowest BCUT2D eigenvalue weighted by Crippen LogP contribution is -2.37. The van der Waals surface area contributed by atoms with Gasteiger partial charge >= 0.3 is 0 Å². The molecule has 4 nitrogen and oxygen atoms in total. The monoisotopic (exact) mass is 340 g/mol. The van der Waals surface area contributed by atoms with E-state index in [4.69, 9.17) is 4.74 Å². The van der Waals surface area contributed by atoms with E-state index in [2.05, 4.69) is 41.4 Å². The SMILES string of the molecule is Cc1ccc([C@H](CNC(=O)COc2c(C)cccc2C)N(C)C)cc1. The predicted molar refractivity (Wildman–Crippen MR) is 102 cm³/mol. The molecule has 0 saturated heterocycles. The minimum absolute atomic E-state index is 0.0275. The molecule has 0 unspecified atom stereocenters. The van der Waals surface area contributed by atoms with Crippen molar-refractivity contribution >= 4 is 5.91 Å². The number of hydrogen-bond acceptors (Lipinski definition) is 3. The Morgan fingerprint density at radius 2 is 1.64 bits per heavy atom. The average Bonchev–Trinajstić information content (AvgIpc) is 2.56. The van der Waals surface area contributed by atoms with Crippen LogP contribution in [-0.2, 0) is 4.79 Å². The fraction of sp³-hybridized carbons (Fsp3) is 0.381. The van der Waals surface area contributed by atoms with Crippen LogP contribution >= 0.6 is 0 Å². The zero-order chi connectivity index (χ0) is 18.4. The predicted octanol–water partition coefficient (Wildman–Crippen LogP) is 3.41. The smallest absolute Gasteiger partial charge is 0.258 e. The first-order valence-corrected chi connectivity index (χ1v) is 8.57. The number of para-hydroxylation sites is 1. The third-order valence-corrected chi connectivity index (χ3v) is 4.33. The molecule has 2 rings (SSSR count). The van der Waals surface area contributed by atoms with Crippen LogP contribution in [0, 0.1) is 20.8 Å². The van der Waals surface area contributed by atoms with E-state index < -0.39 is 0 Å². The maximum Gasteiger partial charge on any atom is 0.258 e. The summed E-state index contributed by atoms with van der Waals surface area (Å²) >= 11 is 0. The van der Waals surface area contributed by atoms with Crippen LogP contribution in [0.4, 0.5) is 0 Å². The third kappa shape index (κ3) is 5.33. The molecule has 0 spiro atoms. The van der Waals surface area contributed by atoms with Crippen molar-refractivity contribution in [2.75, 3.05) is 27.2 Å². The van der Waals surface area contributed by atoms with Gasteiger partial charge in [-0.25, -0.2) is 0 Å². The van der Waals surface area contributed by atoms with E-state index in [1.807, 2.05) is 46.1 Å². The Kier molecular flexibility index (Phi) is 6.59. The standard InChI is InChI=1S/C21H28N2O2/c1-15-9-11-18(12-10-15)19(23(4)5)13-22-20(24)14-25-21-16(2)7-6-8-17(21)3/h6-12,19H,13-14H2,1-5H3,(H,22,24)/t19-/m0/s1. The molecule has 25 heavy (non-hydrogen) atoms. The molecule has 1 N–H and O–H groups in total. The summed E-state index contributed by atoms with van der Waals surface area (Å²) in [6, 6.07) is 14.5. The summed E-state index contributed by atoms with van der Waals surface area (Å²) in [6.45, 7) is 6.62. The lowest BCUT2D eigenvalue weighted by molar-refractivity contribution is -0.123. The third-order valence-electron chi connectivity index (χ3n) is 4.33. The van der Waals surface area contributed by atoms with Crippen molar-refractivity contribution < 1.29 is 9.53 Å². The van der Waals surface area contributed by atoms with Crippen molar-refractivity contribution in [3.05, 3.63) is 64.7 Å². The molecular weight excluding hydrogens is 312 g/mol. The summed E-state index contributed by atoms with van der Waals surface area (Å²) in [6.07, 6.45) is 0. The second kappa shape index (κ2) is 8.67. The van der Waals surface area contributed by atoms with E-state index in [1.165, 1.54) is 11.1 Å². The molecule has 1 atom stereocenters. The number of nitrogens with zero attached hydrogens (tertiary/aromatic N) is 1. The van der Waals surface area contributed by atoms with Gasteiger partial charge in [-0.05, 0) is 51.6 Å². The molecule has 0 aromatic heterocycles. The Bertz CT molecular complexity index is 688. The number of amides is 1. The van der Waals surface area contributed by atoms with Crippen LogP contribution < -0.4 is 10.1 Å². The van der Waals surface area contributed by atoms with Crippen LogP contribution in [0.15, 0.2) is 42.5 Å². The quantitative estimate of drug-likeness (QED) is 0.840. The second-order valence-electron chi connectivity index (χ2n) is 6.70. The lowest BCUT2D eigenvalue weighted by Gasteiger charge is -2.25. The van der Waals surface area contributed by atoms with Crippen molar-refractivity contribution in [2.45, 2.75) is 26.8 Å². The highest BCUT2D eigenvalue weighted by Crippen LogP contribution is 2.22. The Morgan fingerprint density at radius 1 is 1.04 bits per heavy atom. The zero-order valence-corrected chi connectivity index (χ0v) is 15.8. The minimum Gasteiger partial charge on any atom is -0.483 e. The number of hydrogen-bond donors (Lipinski definition) is 1. The number of ether oxygens (including phenoxy) is 1. The lowest BCUT2D eigenvalue weighted by atomic mass is 10.0. The maximum atomic E-state index is 12.2. The zero-order valence-electron chi connectivity index (χ0n) is 15.8. The number of benzene rings is 2. The molecule has 0 bridgehead atoms. The van der Waals surface area contributed by atoms with Crippen LogP contribution in [0.5, 0.6) is 5.75 Å². The number of carbonyl (C=O) groups is 1. The number of likely N-dealkylation sites (N-methyl/N-ethyl adjacent to an activating group) is 1. The summed E-state index contributed by atoms with van der Waals surface area (Å²) in [4.78, 5) is 14.3. The highest BCUT2D eigenvalue weighted by atomic mass is 16.5. The van der Waals surface area contributed by atoms with Gasteiger partial charge in [0.05, 0.1) is 6.04 Å². The summed E-state index contributed by atoms with van der Waals surface area (Å²) in [5, 5.41) is 2.98. The molecule has 2 aromatic carbocycles.